The third-order valence-corrected chi connectivity index (χ3v) is 7.85. The lowest BCUT2D eigenvalue weighted by Crippen LogP contribution is -2.71. The first-order valence-corrected chi connectivity index (χ1v) is 11.0. The van der Waals surface area contributed by atoms with Gasteiger partial charge in [-0.3, -0.25) is 19.3 Å². The Balaban J connectivity index is 1.50. The van der Waals surface area contributed by atoms with Crippen molar-refractivity contribution in [3.05, 3.63) is 29.8 Å². The van der Waals surface area contributed by atoms with Crippen molar-refractivity contribution in [2.75, 3.05) is 11.4 Å². The number of hydrogen-bond acceptors (Lipinski definition) is 3. The third kappa shape index (κ3) is 2.50. The van der Waals surface area contributed by atoms with E-state index in [9.17, 15) is 14.4 Å². The van der Waals surface area contributed by atoms with Crippen molar-refractivity contribution in [2.45, 2.75) is 64.1 Å². The summed E-state index contributed by atoms with van der Waals surface area (Å²) in [5, 5.41) is 3.25. The van der Waals surface area contributed by atoms with Gasteiger partial charge in [-0.05, 0) is 63.0 Å². The zero-order valence-corrected chi connectivity index (χ0v) is 17.2. The van der Waals surface area contributed by atoms with Crippen LogP contribution < -0.4 is 10.2 Å². The van der Waals surface area contributed by atoms with E-state index in [0.717, 1.165) is 5.92 Å². The first kappa shape index (κ1) is 18.6. The summed E-state index contributed by atoms with van der Waals surface area (Å²) in [7, 11) is 0. The highest BCUT2D eigenvalue weighted by molar-refractivity contribution is 6.16. The molecule has 0 radical (unpaired) electrons. The van der Waals surface area contributed by atoms with Crippen LogP contribution >= 0.6 is 0 Å². The van der Waals surface area contributed by atoms with Crippen LogP contribution in [0.2, 0.25) is 0 Å². The SMILES string of the molecule is CCN1C(=O)c2ccccc2N2C(=O)CCC12C(=O)NC(C)C1CC2CCC1C2. The molecule has 1 aromatic rings. The Kier molecular flexibility index (Phi) is 4.23. The molecule has 6 nitrogen and oxygen atoms in total. The smallest absolute Gasteiger partial charge is 0.267 e. The fraction of sp³-hybridized carbons (Fsp3) is 0.609. The van der Waals surface area contributed by atoms with Crippen molar-refractivity contribution in [3.8, 4) is 0 Å². The molecule has 3 amide bonds. The van der Waals surface area contributed by atoms with E-state index in [1.807, 2.05) is 13.0 Å². The van der Waals surface area contributed by atoms with Gasteiger partial charge in [0.25, 0.3) is 11.8 Å². The van der Waals surface area contributed by atoms with E-state index >= 15 is 0 Å². The third-order valence-electron chi connectivity index (χ3n) is 7.85. The van der Waals surface area contributed by atoms with Crippen LogP contribution in [0.5, 0.6) is 0 Å². The molecule has 6 heteroatoms. The average Bonchev–Trinajstić information content (AvgIpc) is 3.43. The van der Waals surface area contributed by atoms with Gasteiger partial charge in [-0.15, -0.1) is 0 Å². The lowest BCUT2D eigenvalue weighted by Gasteiger charge is -2.49. The highest BCUT2D eigenvalue weighted by atomic mass is 16.2. The van der Waals surface area contributed by atoms with Crippen molar-refractivity contribution in [1.82, 2.24) is 10.2 Å². The summed E-state index contributed by atoms with van der Waals surface area (Å²) >= 11 is 0. The van der Waals surface area contributed by atoms with Crippen LogP contribution in [0.3, 0.4) is 0 Å². The van der Waals surface area contributed by atoms with Crippen LogP contribution in [0.4, 0.5) is 5.69 Å². The Morgan fingerprint density at radius 1 is 1.24 bits per heavy atom. The molecule has 4 aliphatic rings. The van der Waals surface area contributed by atoms with Crippen LogP contribution in [0, 0.1) is 17.8 Å². The Morgan fingerprint density at radius 2 is 2.03 bits per heavy atom. The molecule has 2 bridgehead atoms. The number of fused-ring (bicyclic) bond motifs is 5. The van der Waals surface area contributed by atoms with Crippen molar-refractivity contribution >= 4 is 23.4 Å². The number of carbonyl (C=O) groups excluding carboxylic acids is 3. The molecule has 29 heavy (non-hydrogen) atoms. The molecule has 1 N–H and O–H groups in total. The quantitative estimate of drug-likeness (QED) is 0.852. The Hall–Kier alpha value is -2.37. The number of amides is 3. The standard InChI is InChI=1S/C23H29N3O3/c1-3-25-21(28)17-6-4-5-7-19(17)26-20(27)10-11-23(25,26)22(29)24-14(2)18-13-15-8-9-16(18)12-15/h4-7,14-16,18H,3,8-13H2,1-2H3,(H,24,29). The van der Waals surface area contributed by atoms with Crippen LogP contribution in [0.15, 0.2) is 24.3 Å². The minimum atomic E-state index is -1.25. The zero-order chi connectivity index (χ0) is 20.3. The summed E-state index contributed by atoms with van der Waals surface area (Å²) in [6.45, 7) is 4.35. The fourth-order valence-corrected chi connectivity index (χ4v) is 6.54. The summed E-state index contributed by atoms with van der Waals surface area (Å²) in [5.41, 5.74) is -0.190. The summed E-state index contributed by atoms with van der Waals surface area (Å²) in [6.07, 6.45) is 5.67. The number of nitrogens with one attached hydrogen (secondary N) is 1. The van der Waals surface area contributed by atoms with Gasteiger partial charge in [0.15, 0.2) is 0 Å². The predicted molar refractivity (Wildman–Crippen MR) is 109 cm³/mol. The Labute approximate surface area is 171 Å². The molecule has 5 atom stereocenters. The second-order valence-electron chi connectivity index (χ2n) is 9.21. The second-order valence-corrected chi connectivity index (χ2v) is 9.21. The van der Waals surface area contributed by atoms with Crippen molar-refractivity contribution in [3.63, 3.8) is 0 Å². The highest BCUT2D eigenvalue weighted by Gasteiger charge is 2.60. The first-order chi connectivity index (χ1) is 14.0. The molecule has 1 saturated heterocycles. The van der Waals surface area contributed by atoms with Gasteiger partial charge in [-0.2, -0.15) is 0 Å². The lowest BCUT2D eigenvalue weighted by atomic mass is 9.83. The Bertz CT molecular complexity index is 884. The molecule has 2 aliphatic heterocycles. The molecular formula is C23H29N3O3. The minimum Gasteiger partial charge on any atom is -0.350 e. The van der Waals surface area contributed by atoms with E-state index in [0.29, 0.717) is 36.1 Å². The summed E-state index contributed by atoms with van der Waals surface area (Å²) in [5.74, 6) is 1.54. The maximum absolute atomic E-state index is 13.7. The number of anilines is 1. The molecule has 5 unspecified atom stereocenters. The van der Waals surface area contributed by atoms with Crippen molar-refractivity contribution in [2.24, 2.45) is 17.8 Å². The largest absolute Gasteiger partial charge is 0.350 e. The van der Waals surface area contributed by atoms with E-state index in [1.165, 1.54) is 25.7 Å². The highest BCUT2D eigenvalue weighted by Crippen LogP contribution is 2.50. The molecule has 0 aromatic heterocycles. The number of hydrogen-bond donors (Lipinski definition) is 1. The predicted octanol–water partition coefficient (Wildman–Crippen LogP) is 2.93. The topological polar surface area (TPSA) is 69.7 Å². The molecular weight excluding hydrogens is 366 g/mol. The number of para-hydroxylation sites is 1. The molecule has 154 valence electrons. The van der Waals surface area contributed by atoms with Gasteiger partial charge in [0, 0.05) is 25.4 Å². The number of benzene rings is 1. The second kappa shape index (κ2) is 6.57. The molecule has 0 spiro atoms. The number of likely N-dealkylation sites (N-methyl/N-ethyl adjacent to an activating group) is 1. The fourth-order valence-electron chi connectivity index (χ4n) is 6.54. The van der Waals surface area contributed by atoms with Gasteiger partial charge < -0.3 is 10.2 Å². The van der Waals surface area contributed by atoms with Crippen LogP contribution in [-0.2, 0) is 9.59 Å². The van der Waals surface area contributed by atoms with Crippen molar-refractivity contribution < 1.29 is 14.4 Å². The lowest BCUT2D eigenvalue weighted by molar-refractivity contribution is -0.134. The number of rotatable bonds is 4. The van der Waals surface area contributed by atoms with Crippen LogP contribution in [0.25, 0.3) is 0 Å². The normalized spacial score (nSPS) is 33.7. The van der Waals surface area contributed by atoms with Crippen LogP contribution in [0.1, 0.15) is 62.7 Å². The molecule has 3 fully saturated rings. The monoisotopic (exact) mass is 395 g/mol. The molecule has 2 aliphatic carbocycles. The number of nitrogens with zero attached hydrogens (tertiary/aromatic N) is 2. The van der Waals surface area contributed by atoms with Gasteiger partial charge in [0.1, 0.15) is 0 Å². The maximum Gasteiger partial charge on any atom is 0.267 e. The first-order valence-electron chi connectivity index (χ1n) is 11.0. The summed E-state index contributed by atoms with van der Waals surface area (Å²) in [4.78, 5) is 43.1. The van der Waals surface area contributed by atoms with E-state index in [-0.39, 0.29) is 30.2 Å². The number of carbonyl (C=O) groups is 3. The van der Waals surface area contributed by atoms with Gasteiger partial charge >= 0.3 is 0 Å². The Morgan fingerprint density at radius 3 is 2.72 bits per heavy atom. The van der Waals surface area contributed by atoms with E-state index in [1.54, 1.807) is 28.0 Å². The maximum atomic E-state index is 13.7. The van der Waals surface area contributed by atoms with Gasteiger partial charge in [-0.25, -0.2) is 0 Å². The average molecular weight is 396 g/mol. The van der Waals surface area contributed by atoms with Gasteiger partial charge in [0.2, 0.25) is 11.6 Å². The summed E-state index contributed by atoms with van der Waals surface area (Å²) < 4.78 is 0. The molecule has 5 rings (SSSR count). The van der Waals surface area contributed by atoms with Gasteiger partial charge in [0.05, 0.1) is 11.3 Å². The van der Waals surface area contributed by atoms with Crippen LogP contribution in [-0.4, -0.2) is 40.9 Å². The van der Waals surface area contributed by atoms with E-state index in [2.05, 4.69) is 12.2 Å². The van der Waals surface area contributed by atoms with E-state index < -0.39 is 5.66 Å². The van der Waals surface area contributed by atoms with E-state index in [4.69, 9.17) is 0 Å². The molecule has 1 aromatic carbocycles. The zero-order valence-electron chi connectivity index (χ0n) is 17.2. The molecule has 2 heterocycles. The molecule has 2 saturated carbocycles. The van der Waals surface area contributed by atoms with Gasteiger partial charge in [-0.1, -0.05) is 18.6 Å². The van der Waals surface area contributed by atoms with Crippen molar-refractivity contribution in [1.29, 1.82) is 0 Å². The minimum absolute atomic E-state index is 0.0516. The summed E-state index contributed by atoms with van der Waals surface area (Å²) in [6, 6.07) is 7.20.